The molecule has 174 valence electrons. The fraction of sp³-hybridized carbons (Fsp3) is 0.481. The van der Waals surface area contributed by atoms with Crippen molar-refractivity contribution in [2.75, 3.05) is 6.61 Å². The van der Waals surface area contributed by atoms with Crippen molar-refractivity contribution >= 4 is 21.4 Å². The van der Waals surface area contributed by atoms with Crippen LogP contribution in [-0.4, -0.2) is 6.61 Å². The summed E-state index contributed by atoms with van der Waals surface area (Å²) in [7, 11) is 0. The molecule has 32 heavy (non-hydrogen) atoms. The summed E-state index contributed by atoms with van der Waals surface area (Å²) in [6, 6.07) is 8.08. The second-order valence-electron chi connectivity index (χ2n) is 8.93. The van der Waals surface area contributed by atoms with Gasteiger partial charge in [-0.3, -0.25) is 0 Å². The fourth-order valence-electron chi connectivity index (χ4n) is 4.07. The minimum atomic E-state index is -1.07. The Morgan fingerprint density at radius 2 is 1.50 bits per heavy atom. The Hall–Kier alpha value is -2.01. The molecular formula is C27H33F3OS. The Bertz CT molecular complexity index is 1040. The van der Waals surface area contributed by atoms with Crippen molar-refractivity contribution in [2.45, 2.75) is 66.2 Å². The van der Waals surface area contributed by atoms with Crippen molar-refractivity contribution in [3.8, 4) is 16.9 Å². The molecular weight excluding hydrogens is 429 g/mol. The Labute approximate surface area is 193 Å². The number of aryl methyl sites for hydroxylation is 1. The third-order valence-electron chi connectivity index (χ3n) is 5.97. The molecule has 5 heteroatoms. The van der Waals surface area contributed by atoms with Gasteiger partial charge in [-0.15, -0.1) is 11.3 Å². The van der Waals surface area contributed by atoms with E-state index >= 15 is 4.39 Å². The number of fused-ring (bicyclic) bond motifs is 1. The maximum atomic E-state index is 15.2. The quantitative estimate of drug-likeness (QED) is 0.276. The van der Waals surface area contributed by atoms with Crippen LogP contribution in [0.1, 0.15) is 64.7 Å². The van der Waals surface area contributed by atoms with E-state index in [1.54, 1.807) is 6.07 Å². The lowest BCUT2D eigenvalue weighted by Crippen LogP contribution is -2.11. The zero-order valence-corrected chi connectivity index (χ0v) is 20.3. The average Bonchev–Trinajstić information content (AvgIpc) is 3.18. The van der Waals surface area contributed by atoms with E-state index in [-0.39, 0.29) is 22.8 Å². The van der Waals surface area contributed by atoms with Gasteiger partial charge in [0, 0.05) is 16.0 Å². The third-order valence-corrected chi connectivity index (χ3v) is 7.17. The summed E-state index contributed by atoms with van der Waals surface area (Å²) in [4.78, 5) is 1.09. The maximum absolute atomic E-state index is 15.2. The summed E-state index contributed by atoms with van der Waals surface area (Å²) < 4.78 is 50.9. The summed E-state index contributed by atoms with van der Waals surface area (Å²) in [5.41, 5.74) is -0.00948. The van der Waals surface area contributed by atoms with E-state index in [2.05, 4.69) is 27.7 Å². The lowest BCUT2D eigenvalue weighted by atomic mass is 9.95. The number of halogens is 3. The van der Waals surface area contributed by atoms with Gasteiger partial charge in [0.15, 0.2) is 11.6 Å². The monoisotopic (exact) mass is 462 g/mol. The van der Waals surface area contributed by atoms with Gasteiger partial charge in [0.1, 0.15) is 5.82 Å². The van der Waals surface area contributed by atoms with E-state index in [4.69, 9.17) is 4.74 Å². The largest absolute Gasteiger partial charge is 0.490 e. The molecule has 0 radical (unpaired) electrons. The van der Waals surface area contributed by atoms with Crippen molar-refractivity contribution in [3.05, 3.63) is 52.7 Å². The van der Waals surface area contributed by atoms with Crippen LogP contribution in [-0.2, 0) is 6.42 Å². The summed E-state index contributed by atoms with van der Waals surface area (Å²) >= 11 is 1.38. The van der Waals surface area contributed by atoms with Crippen molar-refractivity contribution in [2.24, 2.45) is 11.8 Å². The van der Waals surface area contributed by atoms with Crippen LogP contribution in [0.2, 0.25) is 0 Å². The van der Waals surface area contributed by atoms with E-state index in [1.165, 1.54) is 42.4 Å². The lowest BCUT2D eigenvalue weighted by Gasteiger charge is -2.17. The molecule has 0 fully saturated rings. The zero-order valence-electron chi connectivity index (χ0n) is 19.4. The van der Waals surface area contributed by atoms with E-state index in [9.17, 15) is 8.78 Å². The van der Waals surface area contributed by atoms with Gasteiger partial charge in [-0.05, 0) is 48.3 Å². The molecule has 2 unspecified atom stereocenters. The van der Waals surface area contributed by atoms with E-state index in [0.717, 1.165) is 35.9 Å². The molecule has 0 bridgehead atoms. The summed E-state index contributed by atoms with van der Waals surface area (Å²) in [5, 5.41) is 0.794. The smallest absolute Gasteiger partial charge is 0.201 e. The van der Waals surface area contributed by atoms with Crippen molar-refractivity contribution in [1.29, 1.82) is 0 Å². The number of benzene rings is 2. The van der Waals surface area contributed by atoms with E-state index in [0.29, 0.717) is 17.2 Å². The van der Waals surface area contributed by atoms with E-state index in [1.807, 2.05) is 6.07 Å². The first kappa shape index (κ1) is 24.6. The standard InChI is InChI=1S/C27H33F3OS/c1-5-7-17(3)9-10-18(4)16-31-23-14-13-21(24(28)26(23)30)22-12-11-19-15-20(8-6-2)32-27(19)25(22)29/h11-15,17-18H,5-10,16H2,1-4H3. The first-order valence-corrected chi connectivity index (χ1v) is 12.5. The molecule has 1 heterocycles. The molecule has 0 N–H and O–H groups in total. The third kappa shape index (κ3) is 5.67. The molecule has 0 saturated carbocycles. The molecule has 0 spiro atoms. The Kier molecular flexibility index (Phi) is 8.64. The number of hydrogen-bond donors (Lipinski definition) is 0. The lowest BCUT2D eigenvalue weighted by molar-refractivity contribution is 0.231. The van der Waals surface area contributed by atoms with Gasteiger partial charge in [0.05, 0.1) is 11.3 Å². The van der Waals surface area contributed by atoms with Crippen LogP contribution >= 0.6 is 11.3 Å². The first-order valence-electron chi connectivity index (χ1n) is 11.7. The Balaban J connectivity index is 1.75. The number of thiophene rings is 1. The topological polar surface area (TPSA) is 9.23 Å². The molecule has 0 amide bonds. The molecule has 2 aromatic carbocycles. The molecule has 0 aliphatic carbocycles. The predicted octanol–water partition coefficient (Wildman–Crippen LogP) is 9.17. The first-order chi connectivity index (χ1) is 15.3. The fourth-order valence-corrected chi connectivity index (χ4v) is 5.27. The van der Waals surface area contributed by atoms with Crippen LogP contribution in [0.25, 0.3) is 21.2 Å². The van der Waals surface area contributed by atoms with Gasteiger partial charge >= 0.3 is 0 Å². The second-order valence-corrected chi connectivity index (χ2v) is 10.1. The second kappa shape index (κ2) is 11.2. The minimum Gasteiger partial charge on any atom is -0.490 e. The van der Waals surface area contributed by atoms with Crippen LogP contribution in [0.15, 0.2) is 30.3 Å². The number of ether oxygens (including phenoxy) is 1. The highest BCUT2D eigenvalue weighted by atomic mass is 32.1. The van der Waals surface area contributed by atoms with Crippen LogP contribution in [0.5, 0.6) is 5.75 Å². The molecule has 3 rings (SSSR count). The normalized spacial score (nSPS) is 13.5. The van der Waals surface area contributed by atoms with Gasteiger partial charge in [-0.25, -0.2) is 8.78 Å². The maximum Gasteiger partial charge on any atom is 0.201 e. The highest BCUT2D eigenvalue weighted by molar-refractivity contribution is 7.19. The van der Waals surface area contributed by atoms with Gasteiger partial charge < -0.3 is 4.74 Å². The van der Waals surface area contributed by atoms with Crippen molar-refractivity contribution in [1.82, 2.24) is 0 Å². The highest BCUT2D eigenvalue weighted by Crippen LogP contribution is 2.37. The summed E-state index contributed by atoms with van der Waals surface area (Å²) in [6.07, 6.45) is 6.29. The van der Waals surface area contributed by atoms with Crippen LogP contribution in [0.3, 0.4) is 0 Å². The zero-order chi connectivity index (χ0) is 23.3. The summed E-state index contributed by atoms with van der Waals surface area (Å²) in [5.74, 6) is -1.86. The van der Waals surface area contributed by atoms with Gasteiger partial charge in [0.25, 0.3) is 0 Å². The molecule has 1 aromatic heterocycles. The van der Waals surface area contributed by atoms with Gasteiger partial charge in [0.2, 0.25) is 5.82 Å². The number of rotatable bonds is 11. The molecule has 2 atom stereocenters. The Morgan fingerprint density at radius 1 is 0.812 bits per heavy atom. The van der Waals surface area contributed by atoms with Gasteiger partial charge in [-0.1, -0.05) is 65.5 Å². The molecule has 0 aliphatic heterocycles. The Morgan fingerprint density at radius 3 is 2.22 bits per heavy atom. The van der Waals surface area contributed by atoms with Gasteiger partial charge in [-0.2, -0.15) is 4.39 Å². The predicted molar refractivity (Wildman–Crippen MR) is 129 cm³/mol. The van der Waals surface area contributed by atoms with Crippen LogP contribution in [0.4, 0.5) is 13.2 Å². The van der Waals surface area contributed by atoms with E-state index < -0.39 is 17.5 Å². The molecule has 3 aromatic rings. The van der Waals surface area contributed by atoms with Crippen molar-refractivity contribution < 1.29 is 17.9 Å². The van der Waals surface area contributed by atoms with Crippen LogP contribution < -0.4 is 4.74 Å². The molecule has 0 aliphatic rings. The summed E-state index contributed by atoms with van der Waals surface area (Å²) in [6.45, 7) is 8.87. The minimum absolute atomic E-state index is 0.0728. The SMILES string of the molecule is CCCc1cc2ccc(-c3ccc(OCC(C)CCC(C)CCC)c(F)c3F)c(F)c2s1. The average molecular weight is 463 g/mol. The van der Waals surface area contributed by atoms with Crippen molar-refractivity contribution in [3.63, 3.8) is 0 Å². The van der Waals surface area contributed by atoms with Crippen LogP contribution in [0, 0.1) is 29.3 Å². The number of hydrogen-bond acceptors (Lipinski definition) is 2. The highest BCUT2D eigenvalue weighted by Gasteiger charge is 2.20. The molecule has 0 saturated heterocycles. The molecule has 1 nitrogen and oxygen atoms in total.